The van der Waals surface area contributed by atoms with Crippen LogP contribution in [0.1, 0.15) is 22.5 Å². The first kappa shape index (κ1) is 13.1. The van der Waals surface area contributed by atoms with Crippen LogP contribution in [0, 0.1) is 13.8 Å². The fraction of sp³-hybridized carbons (Fsp3) is 0.286. The van der Waals surface area contributed by atoms with Crippen molar-refractivity contribution in [2.75, 3.05) is 0 Å². The van der Waals surface area contributed by atoms with Crippen LogP contribution in [0.15, 0.2) is 35.5 Å². The van der Waals surface area contributed by atoms with Gasteiger partial charge in [-0.15, -0.1) is 0 Å². The van der Waals surface area contributed by atoms with Gasteiger partial charge in [-0.05, 0) is 31.0 Å². The Morgan fingerprint density at radius 3 is 2.11 bits per heavy atom. The molecule has 0 aliphatic carbocycles. The van der Waals surface area contributed by atoms with Crippen LogP contribution in [0.4, 0.5) is 0 Å². The van der Waals surface area contributed by atoms with Gasteiger partial charge >= 0.3 is 0 Å². The average molecular weight is 260 g/mol. The number of aryl methyl sites for hydroxylation is 2. The Labute approximate surface area is 111 Å². The molecular weight excluding hydrogens is 244 g/mol. The molecule has 1 aromatic heterocycles. The molecule has 0 aliphatic heterocycles. The number of thioether (sulfide) groups is 1. The lowest BCUT2D eigenvalue weighted by Gasteiger charge is -2.04. The lowest BCUT2D eigenvalue weighted by atomic mass is 10.2. The first-order chi connectivity index (χ1) is 8.67. The van der Waals surface area contributed by atoms with Crippen molar-refractivity contribution in [3.05, 3.63) is 52.8 Å². The quantitative estimate of drug-likeness (QED) is 0.678. The Hall–Kier alpha value is -1.39. The van der Waals surface area contributed by atoms with E-state index >= 15 is 0 Å². The third-order valence-electron chi connectivity index (χ3n) is 2.54. The standard InChI is InChI=1S/C14H16N2OS/c1-10-7-11(2)16-14(15-10)18-9-13-5-3-12(8-17)4-6-13/h3-7,17H,8-9H2,1-2H3. The van der Waals surface area contributed by atoms with Crippen molar-refractivity contribution in [2.45, 2.75) is 31.4 Å². The van der Waals surface area contributed by atoms with Crippen LogP contribution in [0.2, 0.25) is 0 Å². The summed E-state index contributed by atoms with van der Waals surface area (Å²) >= 11 is 1.63. The highest BCUT2D eigenvalue weighted by atomic mass is 32.2. The molecule has 4 heteroatoms. The van der Waals surface area contributed by atoms with Gasteiger partial charge in [0.25, 0.3) is 0 Å². The lowest BCUT2D eigenvalue weighted by molar-refractivity contribution is 0.282. The number of benzene rings is 1. The van der Waals surface area contributed by atoms with E-state index in [0.29, 0.717) is 0 Å². The molecule has 94 valence electrons. The third kappa shape index (κ3) is 3.55. The Kier molecular flexibility index (Phi) is 4.33. The highest BCUT2D eigenvalue weighted by Crippen LogP contribution is 2.20. The first-order valence-electron chi connectivity index (χ1n) is 5.81. The van der Waals surface area contributed by atoms with Crippen LogP contribution < -0.4 is 0 Å². The number of nitrogens with zero attached hydrogens (tertiary/aromatic N) is 2. The Morgan fingerprint density at radius 1 is 1.00 bits per heavy atom. The zero-order chi connectivity index (χ0) is 13.0. The van der Waals surface area contributed by atoms with E-state index in [4.69, 9.17) is 5.11 Å². The smallest absolute Gasteiger partial charge is 0.188 e. The minimum absolute atomic E-state index is 0.0909. The van der Waals surface area contributed by atoms with Crippen molar-refractivity contribution in [1.29, 1.82) is 0 Å². The topological polar surface area (TPSA) is 46.0 Å². The van der Waals surface area contributed by atoms with Crippen LogP contribution >= 0.6 is 11.8 Å². The summed E-state index contributed by atoms with van der Waals surface area (Å²) in [4.78, 5) is 8.79. The molecule has 0 spiro atoms. The summed E-state index contributed by atoms with van der Waals surface area (Å²) in [6.07, 6.45) is 0. The van der Waals surface area contributed by atoms with Crippen LogP contribution in [0.3, 0.4) is 0 Å². The van der Waals surface area contributed by atoms with Crippen molar-refractivity contribution in [3.63, 3.8) is 0 Å². The van der Waals surface area contributed by atoms with Crippen molar-refractivity contribution < 1.29 is 5.11 Å². The zero-order valence-electron chi connectivity index (χ0n) is 10.6. The Morgan fingerprint density at radius 2 is 1.56 bits per heavy atom. The molecule has 18 heavy (non-hydrogen) atoms. The summed E-state index contributed by atoms with van der Waals surface area (Å²) in [6.45, 7) is 4.05. The molecule has 0 amide bonds. The summed E-state index contributed by atoms with van der Waals surface area (Å²) in [6, 6.07) is 9.92. The highest BCUT2D eigenvalue weighted by Gasteiger charge is 2.01. The second kappa shape index (κ2) is 5.98. The molecule has 0 radical (unpaired) electrons. The first-order valence-corrected chi connectivity index (χ1v) is 6.79. The summed E-state index contributed by atoms with van der Waals surface area (Å²) in [5.74, 6) is 0.842. The van der Waals surface area contributed by atoms with Gasteiger partial charge in [0.05, 0.1) is 6.61 Å². The fourth-order valence-electron chi connectivity index (χ4n) is 1.65. The van der Waals surface area contributed by atoms with Gasteiger partial charge in [-0.3, -0.25) is 0 Å². The molecule has 1 aromatic carbocycles. The second-order valence-corrected chi connectivity index (χ2v) is 5.14. The number of aromatic nitrogens is 2. The van der Waals surface area contributed by atoms with E-state index < -0.39 is 0 Å². The average Bonchev–Trinajstić information content (AvgIpc) is 2.36. The molecule has 0 fully saturated rings. The van der Waals surface area contributed by atoms with Gasteiger partial charge in [0.1, 0.15) is 0 Å². The van der Waals surface area contributed by atoms with Crippen LogP contribution in [0.5, 0.6) is 0 Å². The van der Waals surface area contributed by atoms with Crippen molar-refractivity contribution in [3.8, 4) is 0 Å². The maximum atomic E-state index is 8.97. The predicted octanol–water partition coefficient (Wildman–Crippen LogP) is 2.88. The van der Waals surface area contributed by atoms with Gasteiger partial charge in [0.15, 0.2) is 5.16 Å². The van der Waals surface area contributed by atoms with Gasteiger partial charge in [-0.25, -0.2) is 9.97 Å². The van der Waals surface area contributed by atoms with Gasteiger partial charge in [0.2, 0.25) is 0 Å². The van der Waals surface area contributed by atoms with Crippen molar-refractivity contribution in [1.82, 2.24) is 9.97 Å². The van der Waals surface area contributed by atoms with E-state index in [1.165, 1.54) is 5.56 Å². The van der Waals surface area contributed by atoms with Gasteiger partial charge in [-0.2, -0.15) is 0 Å². The molecular formula is C14H16N2OS. The normalized spacial score (nSPS) is 10.6. The number of aliphatic hydroxyl groups excluding tert-OH is 1. The van der Waals surface area contributed by atoms with E-state index in [2.05, 4.69) is 9.97 Å². The van der Waals surface area contributed by atoms with Crippen molar-refractivity contribution in [2.24, 2.45) is 0 Å². The summed E-state index contributed by atoms with van der Waals surface area (Å²) < 4.78 is 0. The number of rotatable bonds is 4. The fourth-order valence-corrected chi connectivity index (χ4v) is 2.55. The van der Waals surface area contributed by atoms with E-state index in [-0.39, 0.29) is 6.61 Å². The Bertz CT molecular complexity index is 506. The lowest BCUT2D eigenvalue weighted by Crippen LogP contribution is -1.93. The monoisotopic (exact) mass is 260 g/mol. The Balaban J connectivity index is 2.01. The molecule has 0 bridgehead atoms. The van der Waals surface area contributed by atoms with Gasteiger partial charge in [0, 0.05) is 17.1 Å². The summed E-state index contributed by atoms with van der Waals surface area (Å²) in [7, 11) is 0. The molecule has 0 atom stereocenters. The van der Waals surface area contributed by atoms with Gasteiger partial charge in [-0.1, -0.05) is 36.0 Å². The number of hydrogen-bond acceptors (Lipinski definition) is 4. The van der Waals surface area contributed by atoms with Crippen LogP contribution in [-0.2, 0) is 12.4 Å². The minimum atomic E-state index is 0.0909. The molecule has 0 aliphatic rings. The minimum Gasteiger partial charge on any atom is -0.392 e. The third-order valence-corrected chi connectivity index (χ3v) is 3.45. The summed E-state index contributed by atoms with van der Waals surface area (Å²) in [5.41, 5.74) is 4.15. The molecule has 3 nitrogen and oxygen atoms in total. The molecule has 0 saturated heterocycles. The zero-order valence-corrected chi connectivity index (χ0v) is 11.4. The van der Waals surface area contributed by atoms with Crippen LogP contribution in [0.25, 0.3) is 0 Å². The van der Waals surface area contributed by atoms with Gasteiger partial charge < -0.3 is 5.11 Å². The number of hydrogen-bond donors (Lipinski definition) is 1. The van der Waals surface area contributed by atoms with E-state index in [1.54, 1.807) is 11.8 Å². The van der Waals surface area contributed by atoms with E-state index in [9.17, 15) is 0 Å². The van der Waals surface area contributed by atoms with Crippen LogP contribution in [-0.4, -0.2) is 15.1 Å². The van der Waals surface area contributed by atoms with E-state index in [0.717, 1.165) is 27.9 Å². The SMILES string of the molecule is Cc1cc(C)nc(SCc2ccc(CO)cc2)n1. The predicted molar refractivity (Wildman–Crippen MR) is 73.4 cm³/mol. The largest absolute Gasteiger partial charge is 0.392 e. The van der Waals surface area contributed by atoms with Crippen molar-refractivity contribution >= 4 is 11.8 Å². The molecule has 1 heterocycles. The van der Waals surface area contributed by atoms with E-state index in [1.807, 2.05) is 44.2 Å². The highest BCUT2D eigenvalue weighted by molar-refractivity contribution is 7.98. The maximum Gasteiger partial charge on any atom is 0.188 e. The molecule has 2 aromatic rings. The summed E-state index contributed by atoms with van der Waals surface area (Å²) in [5, 5.41) is 9.79. The molecule has 1 N–H and O–H groups in total. The molecule has 0 saturated carbocycles. The maximum absolute atomic E-state index is 8.97. The second-order valence-electron chi connectivity index (χ2n) is 4.20. The molecule has 0 unspecified atom stereocenters. The molecule has 2 rings (SSSR count). The number of aliphatic hydroxyl groups is 1.